The van der Waals surface area contributed by atoms with Crippen LogP contribution in [0.15, 0.2) is 58.4 Å². The van der Waals surface area contributed by atoms with Crippen LogP contribution in [0.2, 0.25) is 0 Å². The summed E-state index contributed by atoms with van der Waals surface area (Å²) in [5.41, 5.74) is 8.79. The summed E-state index contributed by atoms with van der Waals surface area (Å²) in [4.78, 5) is 4.70. The third kappa shape index (κ3) is 6.18. The number of hydrogen-bond acceptors (Lipinski definition) is 3. The molecule has 1 fully saturated rings. The van der Waals surface area contributed by atoms with E-state index in [1.54, 1.807) is 22.5 Å². The third-order valence-corrected chi connectivity index (χ3v) is 7.15. The maximum Gasteiger partial charge on any atom is 0.243 e. The molecule has 2 aromatic carbocycles. The molecule has 0 aliphatic carbocycles. The van der Waals surface area contributed by atoms with Gasteiger partial charge in [-0.05, 0) is 48.1 Å². The van der Waals surface area contributed by atoms with Gasteiger partial charge >= 0.3 is 0 Å². The van der Waals surface area contributed by atoms with Crippen LogP contribution in [-0.4, -0.2) is 31.8 Å². The summed E-state index contributed by atoms with van der Waals surface area (Å²) >= 11 is 0. The molecule has 0 amide bonds. The molecular weight excluding hydrogens is 511 g/mol. The molecule has 164 valence electrons. The predicted octanol–water partition coefficient (Wildman–Crippen LogP) is 4.53. The molecule has 2 aromatic rings. The zero-order chi connectivity index (χ0) is 20.9. The zero-order valence-electron chi connectivity index (χ0n) is 17.5. The summed E-state index contributed by atoms with van der Waals surface area (Å²) in [6.45, 7) is 5.63. The quantitative estimate of drug-likeness (QED) is 0.319. The van der Waals surface area contributed by atoms with Gasteiger partial charge in [-0.1, -0.05) is 50.6 Å². The van der Waals surface area contributed by atoms with Crippen LogP contribution in [0.5, 0.6) is 0 Å². The minimum atomic E-state index is -3.51. The fourth-order valence-corrected chi connectivity index (χ4v) is 5.20. The average Bonchev–Trinajstić information content (AvgIpc) is 2.73. The topological polar surface area (TPSA) is 87.8 Å². The summed E-state index contributed by atoms with van der Waals surface area (Å²) in [5, 5.41) is 3.10. The van der Waals surface area contributed by atoms with E-state index >= 15 is 0 Å². The van der Waals surface area contributed by atoms with Crippen LogP contribution in [-0.2, 0) is 16.6 Å². The first-order valence-corrected chi connectivity index (χ1v) is 11.6. The number of anilines is 1. The lowest BCUT2D eigenvalue weighted by molar-refractivity contribution is 0.346. The van der Waals surface area contributed by atoms with Gasteiger partial charge in [-0.2, -0.15) is 4.31 Å². The number of nitrogens with one attached hydrogen (secondary N) is 1. The van der Waals surface area contributed by atoms with E-state index in [4.69, 9.17) is 5.73 Å². The third-order valence-electron chi connectivity index (χ3n) is 5.15. The molecule has 0 aromatic heterocycles. The van der Waals surface area contributed by atoms with Gasteiger partial charge in [-0.25, -0.2) is 13.4 Å². The first-order chi connectivity index (χ1) is 13.9. The number of benzene rings is 2. The van der Waals surface area contributed by atoms with Gasteiger partial charge in [0, 0.05) is 18.8 Å². The van der Waals surface area contributed by atoms with Crippen molar-refractivity contribution < 1.29 is 8.42 Å². The molecule has 0 radical (unpaired) electrons. The molecule has 1 heterocycles. The highest BCUT2D eigenvalue weighted by atomic mass is 127. The molecule has 3 N–H and O–H groups in total. The molecule has 1 aliphatic heterocycles. The maximum absolute atomic E-state index is 13.1. The first-order valence-electron chi connectivity index (χ1n) is 10.1. The Hall–Kier alpha value is -1.65. The summed E-state index contributed by atoms with van der Waals surface area (Å²) in [7, 11) is -3.51. The van der Waals surface area contributed by atoms with E-state index in [-0.39, 0.29) is 36.5 Å². The lowest BCUT2D eigenvalue weighted by Gasteiger charge is -2.26. The molecule has 1 aliphatic rings. The Bertz CT molecular complexity index is 971. The second-order valence-electron chi connectivity index (χ2n) is 7.68. The maximum atomic E-state index is 13.1. The molecule has 1 saturated heterocycles. The van der Waals surface area contributed by atoms with Crippen molar-refractivity contribution in [3.63, 3.8) is 0 Å². The van der Waals surface area contributed by atoms with Crippen LogP contribution in [0.25, 0.3) is 0 Å². The van der Waals surface area contributed by atoms with Crippen LogP contribution in [0.3, 0.4) is 0 Å². The number of sulfonamides is 1. The number of piperidine rings is 1. The summed E-state index contributed by atoms with van der Waals surface area (Å²) < 4.78 is 27.7. The normalized spacial score (nSPS) is 15.6. The van der Waals surface area contributed by atoms with Crippen LogP contribution in [0, 0.1) is 0 Å². The van der Waals surface area contributed by atoms with Crippen LogP contribution in [0.1, 0.15) is 50.2 Å². The van der Waals surface area contributed by atoms with Gasteiger partial charge in [0.15, 0.2) is 5.96 Å². The molecule has 0 bridgehead atoms. The second kappa shape index (κ2) is 11.1. The summed E-state index contributed by atoms with van der Waals surface area (Å²) in [6.07, 6.45) is 2.90. The van der Waals surface area contributed by atoms with E-state index in [1.165, 1.54) is 5.56 Å². The highest BCUT2D eigenvalue weighted by Crippen LogP contribution is 2.24. The summed E-state index contributed by atoms with van der Waals surface area (Å²) in [6, 6.07) is 15.1. The molecule has 3 rings (SSSR count). The fourth-order valence-electron chi connectivity index (χ4n) is 3.46. The monoisotopic (exact) mass is 542 g/mol. The first kappa shape index (κ1) is 24.6. The molecule has 6 nitrogen and oxygen atoms in total. The highest BCUT2D eigenvalue weighted by Gasteiger charge is 2.27. The van der Waals surface area contributed by atoms with Gasteiger partial charge in [-0.3, -0.25) is 0 Å². The van der Waals surface area contributed by atoms with Crippen LogP contribution in [0.4, 0.5) is 5.69 Å². The number of aliphatic imine (C=N–C) groups is 1. The van der Waals surface area contributed by atoms with E-state index in [9.17, 15) is 8.42 Å². The van der Waals surface area contributed by atoms with Gasteiger partial charge in [0.2, 0.25) is 10.0 Å². The molecule has 8 heteroatoms. The fraction of sp³-hybridized carbons (Fsp3) is 0.409. The molecule has 0 spiro atoms. The van der Waals surface area contributed by atoms with Gasteiger partial charge < -0.3 is 11.1 Å². The van der Waals surface area contributed by atoms with Gasteiger partial charge in [0.1, 0.15) is 0 Å². The second-order valence-corrected chi connectivity index (χ2v) is 9.59. The van der Waals surface area contributed by atoms with E-state index < -0.39 is 10.0 Å². The number of nitrogens with two attached hydrogens (primary N) is 1. The lowest BCUT2D eigenvalue weighted by Crippen LogP contribution is -2.36. The van der Waals surface area contributed by atoms with Crippen molar-refractivity contribution >= 4 is 45.6 Å². The predicted molar refractivity (Wildman–Crippen MR) is 134 cm³/mol. The Morgan fingerprint density at radius 1 is 1.10 bits per heavy atom. The number of hydrogen-bond donors (Lipinski definition) is 2. The number of nitrogens with zero attached hydrogens (tertiary/aromatic N) is 2. The molecule has 0 atom stereocenters. The Morgan fingerprint density at radius 3 is 2.50 bits per heavy atom. The van der Waals surface area contributed by atoms with Gasteiger partial charge in [0.25, 0.3) is 0 Å². The Labute approximate surface area is 197 Å². The molecule has 30 heavy (non-hydrogen) atoms. The van der Waals surface area contributed by atoms with E-state index in [1.807, 2.05) is 24.3 Å². The number of rotatable bonds is 6. The van der Waals surface area contributed by atoms with Crippen molar-refractivity contribution in [1.82, 2.24) is 4.31 Å². The Morgan fingerprint density at radius 2 is 1.80 bits per heavy atom. The van der Waals surface area contributed by atoms with Crippen molar-refractivity contribution in [2.45, 2.75) is 50.5 Å². The smallest absolute Gasteiger partial charge is 0.243 e. The van der Waals surface area contributed by atoms with E-state index in [0.29, 0.717) is 29.5 Å². The van der Waals surface area contributed by atoms with Crippen molar-refractivity contribution in [3.05, 3.63) is 59.7 Å². The Kier molecular flexibility index (Phi) is 9.11. The molecular formula is C22H31IN4O2S. The van der Waals surface area contributed by atoms with Crippen molar-refractivity contribution in [2.75, 3.05) is 18.4 Å². The average molecular weight is 542 g/mol. The highest BCUT2D eigenvalue weighted by molar-refractivity contribution is 14.0. The van der Waals surface area contributed by atoms with Gasteiger partial charge in [-0.15, -0.1) is 24.0 Å². The minimum Gasteiger partial charge on any atom is -0.370 e. The van der Waals surface area contributed by atoms with Crippen LogP contribution >= 0.6 is 24.0 Å². The molecule has 0 unspecified atom stereocenters. The number of halogens is 1. The number of guanidine groups is 1. The summed E-state index contributed by atoms with van der Waals surface area (Å²) in [5.74, 6) is 0.679. The van der Waals surface area contributed by atoms with E-state index in [0.717, 1.165) is 24.9 Å². The van der Waals surface area contributed by atoms with E-state index in [2.05, 4.69) is 30.2 Å². The van der Waals surface area contributed by atoms with Crippen molar-refractivity contribution in [3.8, 4) is 0 Å². The van der Waals surface area contributed by atoms with Crippen molar-refractivity contribution in [2.24, 2.45) is 10.7 Å². The standard InChI is InChI=1S/C22H30N4O2S.HI/c1-17(2)18-10-8-11-20(15-18)25-22(23)24-16-19-9-4-5-12-21(19)29(27,28)26-13-6-3-7-14-26;/h4-5,8-12,15,17H,3,6-7,13-14,16H2,1-2H3,(H3,23,24,25);1H. The minimum absolute atomic E-state index is 0. The SMILES string of the molecule is CC(C)c1cccc(NC(N)=NCc2ccccc2S(=O)(=O)N2CCCCC2)c1.I. The van der Waals surface area contributed by atoms with Crippen LogP contribution < -0.4 is 11.1 Å². The van der Waals surface area contributed by atoms with Crippen molar-refractivity contribution in [1.29, 1.82) is 0 Å². The molecule has 0 saturated carbocycles. The van der Waals surface area contributed by atoms with Gasteiger partial charge in [0.05, 0.1) is 11.4 Å². The lowest BCUT2D eigenvalue weighted by atomic mass is 10.0. The zero-order valence-corrected chi connectivity index (χ0v) is 20.7. The Balaban J connectivity index is 0.00000320. The largest absolute Gasteiger partial charge is 0.370 e.